The van der Waals surface area contributed by atoms with Crippen LogP contribution in [0.5, 0.6) is 5.75 Å². The van der Waals surface area contributed by atoms with Gasteiger partial charge in [0.2, 0.25) is 15.9 Å². The third-order valence-corrected chi connectivity index (χ3v) is 5.52. The van der Waals surface area contributed by atoms with Crippen LogP contribution in [0.1, 0.15) is 5.56 Å². The minimum Gasteiger partial charge on any atom is -0.406 e. The van der Waals surface area contributed by atoms with Gasteiger partial charge in [-0.25, -0.2) is 8.42 Å². The number of nitrogens with one attached hydrogen (secondary N) is 1. The van der Waals surface area contributed by atoms with E-state index in [-0.39, 0.29) is 5.69 Å². The number of carbonyl (C=O) groups excluding carboxylic acids is 1. The first-order valence-electron chi connectivity index (χ1n) is 7.75. The van der Waals surface area contributed by atoms with Crippen molar-refractivity contribution in [1.29, 1.82) is 0 Å². The van der Waals surface area contributed by atoms with E-state index >= 15 is 0 Å². The van der Waals surface area contributed by atoms with Crippen molar-refractivity contribution in [2.45, 2.75) is 13.3 Å². The maximum atomic E-state index is 12.3. The molecule has 0 fully saturated rings. The molecule has 2 aromatic carbocycles. The van der Waals surface area contributed by atoms with Crippen LogP contribution in [-0.4, -0.2) is 33.5 Å². The normalized spacial score (nSPS) is 11.8. The van der Waals surface area contributed by atoms with Gasteiger partial charge in [-0.2, -0.15) is 0 Å². The summed E-state index contributed by atoms with van der Waals surface area (Å²) in [6.45, 7) is 1.28. The molecule has 0 heterocycles. The Balaban J connectivity index is 2.13. The molecule has 0 radical (unpaired) electrons. The first-order chi connectivity index (χ1) is 12.8. The van der Waals surface area contributed by atoms with Crippen LogP contribution < -0.4 is 14.4 Å². The van der Waals surface area contributed by atoms with Gasteiger partial charge in [0.1, 0.15) is 12.3 Å². The van der Waals surface area contributed by atoms with Crippen molar-refractivity contribution in [2.24, 2.45) is 0 Å². The molecule has 28 heavy (non-hydrogen) atoms. The number of halogens is 4. The third kappa shape index (κ3) is 6.41. The Morgan fingerprint density at radius 3 is 2.29 bits per heavy atom. The largest absolute Gasteiger partial charge is 0.573 e. The Kier molecular flexibility index (Phi) is 6.60. The third-order valence-electron chi connectivity index (χ3n) is 3.49. The van der Waals surface area contributed by atoms with E-state index in [4.69, 9.17) is 0 Å². The zero-order chi connectivity index (χ0) is 21.1. The van der Waals surface area contributed by atoms with Crippen LogP contribution in [0, 0.1) is 6.92 Å². The number of rotatable bonds is 6. The van der Waals surface area contributed by atoms with Crippen LogP contribution in [0.3, 0.4) is 0 Å². The second kappa shape index (κ2) is 8.39. The number of benzene rings is 2. The highest BCUT2D eigenvalue weighted by Gasteiger charge is 2.31. The van der Waals surface area contributed by atoms with Gasteiger partial charge in [0, 0.05) is 10.2 Å². The molecule has 0 bridgehead atoms. The van der Waals surface area contributed by atoms with E-state index in [9.17, 15) is 26.4 Å². The lowest BCUT2D eigenvalue weighted by Gasteiger charge is -2.22. The standard InChI is InChI=1S/C17H16BrF3N2O4S/c1-11-9-13(5-8-15(11)18)23(28(2,25)26)10-16(24)22-12-3-6-14(7-4-12)27-17(19,20)21/h3-9H,10H2,1-2H3,(H,22,24). The summed E-state index contributed by atoms with van der Waals surface area (Å²) in [5.41, 5.74) is 1.29. The molecule has 0 aliphatic heterocycles. The number of ether oxygens (including phenoxy) is 1. The number of amides is 1. The highest BCUT2D eigenvalue weighted by atomic mass is 79.9. The number of hydrogen-bond acceptors (Lipinski definition) is 4. The summed E-state index contributed by atoms with van der Waals surface area (Å²) in [6.07, 6.45) is -3.84. The number of hydrogen-bond donors (Lipinski definition) is 1. The number of nitrogens with zero attached hydrogens (tertiary/aromatic N) is 1. The second-order valence-corrected chi connectivity index (χ2v) is 8.58. The molecule has 0 saturated heterocycles. The van der Waals surface area contributed by atoms with Crippen molar-refractivity contribution in [3.05, 3.63) is 52.5 Å². The molecular formula is C17H16BrF3N2O4S. The average molecular weight is 481 g/mol. The second-order valence-electron chi connectivity index (χ2n) is 5.82. The summed E-state index contributed by atoms with van der Waals surface area (Å²) in [7, 11) is -3.75. The van der Waals surface area contributed by atoms with Gasteiger partial charge in [-0.15, -0.1) is 13.2 Å². The molecule has 6 nitrogen and oxygen atoms in total. The van der Waals surface area contributed by atoms with Gasteiger partial charge < -0.3 is 10.1 Å². The summed E-state index contributed by atoms with van der Waals surface area (Å²) in [4.78, 5) is 12.3. The summed E-state index contributed by atoms with van der Waals surface area (Å²) in [5.74, 6) is -1.09. The fourth-order valence-corrected chi connectivity index (χ4v) is 3.35. The van der Waals surface area contributed by atoms with E-state index in [0.29, 0.717) is 5.69 Å². The van der Waals surface area contributed by atoms with E-state index in [2.05, 4.69) is 26.0 Å². The molecular weight excluding hydrogens is 465 g/mol. The molecule has 0 saturated carbocycles. The summed E-state index contributed by atoms with van der Waals surface area (Å²) in [5, 5.41) is 2.44. The first-order valence-corrected chi connectivity index (χ1v) is 10.4. The van der Waals surface area contributed by atoms with Gasteiger partial charge >= 0.3 is 6.36 Å². The van der Waals surface area contributed by atoms with Crippen molar-refractivity contribution in [2.75, 3.05) is 22.4 Å². The highest BCUT2D eigenvalue weighted by molar-refractivity contribution is 9.10. The molecule has 152 valence electrons. The summed E-state index contributed by atoms with van der Waals surface area (Å²) >= 11 is 3.32. The van der Waals surface area contributed by atoms with Crippen molar-refractivity contribution in [3.63, 3.8) is 0 Å². The van der Waals surface area contributed by atoms with Gasteiger partial charge in [-0.05, 0) is 55.0 Å². The molecule has 1 N–H and O–H groups in total. The molecule has 2 aromatic rings. The summed E-state index contributed by atoms with van der Waals surface area (Å²) in [6, 6.07) is 9.34. The van der Waals surface area contributed by atoms with Crippen LogP contribution in [0.2, 0.25) is 0 Å². The Hall–Kier alpha value is -2.27. The van der Waals surface area contributed by atoms with Crippen molar-refractivity contribution in [3.8, 4) is 5.75 Å². The van der Waals surface area contributed by atoms with E-state index in [1.807, 2.05) is 0 Å². The zero-order valence-electron chi connectivity index (χ0n) is 14.7. The molecule has 0 aliphatic rings. The Bertz CT molecular complexity index is 963. The number of aryl methyl sites for hydroxylation is 1. The molecule has 0 spiro atoms. The summed E-state index contributed by atoms with van der Waals surface area (Å²) < 4.78 is 66.2. The molecule has 0 aromatic heterocycles. The predicted molar refractivity (Wildman–Crippen MR) is 103 cm³/mol. The average Bonchev–Trinajstić information content (AvgIpc) is 2.55. The maximum absolute atomic E-state index is 12.3. The van der Waals surface area contributed by atoms with E-state index in [0.717, 1.165) is 32.7 Å². The molecule has 11 heteroatoms. The smallest absolute Gasteiger partial charge is 0.406 e. The Labute approximate surface area is 168 Å². The molecule has 0 atom stereocenters. The SMILES string of the molecule is Cc1cc(N(CC(=O)Nc2ccc(OC(F)(F)F)cc2)S(C)(=O)=O)ccc1Br. The van der Waals surface area contributed by atoms with Crippen molar-refractivity contribution >= 4 is 43.2 Å². The van der Waals surface area contributed by atoms with Crippen LogP contribution >= 0.6 is 15.9 Å². The molecule has 0 aliphatic carbocycles. The number of sulfonamides is 1. The van der Waals surface area contributed by atoms with E-state index in [1.54, 1.807) is 25.1 Å². The monoisotopic (exact) mass is 480 g/mol. The van der Waals surface area contributed by atoms with Gasteiger partial charge in [-0.3, -0.25) is 9.10 Å². The van der Waals surface area contributed by atoms with Crippen LogP contribution in [0.25, 0.3) is 0 Å². The quantitative estimate of drug-likeness (QED) is 0.676. The molecule has 1 amide bonds. The zero-order valence-corrected chi connectivity index (χ0v) is 17.2. The Morgan fingerprint density at radius 1 is 1.18 bits per heavy atom. The number of alkyl halides is 3. The fraction of sp³-hybridized carbons (Fsp3) is 0.235. The van der Waals surface area contributed by atoms with Crippen LogP contribution in [0.15, 0.2) is 46.9 Å². The topological polar surface area (TPSA) is 75.7 Å². The molecule has 2 rings (SSSR count). The number of carbonyl (C=O) groups is 1. The van der Waals surface area contributed by atoms with Crippen LogP contribution in [-0.2, 0) is 14.8 Å². The van der Waals surface area contributed by atoms with E-state index < -0.39 is 34.6 Å². The maximum Gasteiger partial charge on any atom is 0.573 e. The number of anilines is 2. The first kappa shape index (κ1) is 22.0. The highest BCUT2D eigenvalue weighted by Crippen LogP contribution is 2.26. The lowest BCUT2D eigenvalue weighted by molar-refractivity contribution is -0.274. The van der Waals surface area contributed by atoms with Crippen LogP contribution in [0.4, 0.5) is 24.5 Å². The van der Waals surface area contributed by atoms with Crippen molar-refractivity contribution < 1.29 is 31.1 Å². The van der Waals surface area contributed by atoms with Gasteiger partial charge in [-0.1, -0.05) is 15.9 Å². The van der Waals surface area contributed by atoms with Gasteiger partial charge in [0.15, 0.2) is 0 Å². The predicted octanol–water partition coefficient (Wildman–Crippen LogP) is 4.06. The van der Waals surface area contributed by atoms with Gasteiger partial charge in [0.05, 0.1) is 11.9 Å². The minimum absolute atomic E-state index is 0.194. The molecule has 0 unspecified atom stereocenters. The van der Waals surface area contributed by atoms with Crippen molar-refractivity contribution in [1.82, 2.24) is 0 Å². The Morgan fingerprint density at radius 2 is 1.79 bits per heavy atom. The fourth-order valence-electron chi connectivity index (χ4n) is 2.25. The lowest BCUT2D eigenvalue weighted by atomic mass is 10.2. The van der Waals surface area contributed by atoms with Gasteiger partial charge in [0.25, 0.3) is 0 Å². The lowest BCUT2D eigenvalue weighted by Crippen LogP contribution is -2.37. The van der Waals surface area contributed by atoms with E-state index in [1.165, 1.54) is 12.1 Å². The minimum atomic E-state index is -4.82.